The molecule has 1 unspecified atom stereocenters. The van der Waals surface area contributed by atoms with Crippen LogP contribution in [-0.2, 0) is 4.79 Å². The summed E-state index contributed by atoms with van der Waals surface area (Å²) in [6.07, 6.45) is 5.04. The standard InChI is InChI=1S/C17H22N4O2.C6H4FNO/c1-10-5-6-11(15(18)16(22)17(2,3)23)7-12(10)13-8-21-14(19-4)9-20-13;7-6-5(4-9)2-1-3-8-6/h5-9,15,23H,18H2,1-4H3,(H,19,21);1-4H. The van der Waals surface area contributed by atoms with Crippen LogP contribution in [0.4, 0.5) is 10.2 Å². The van der Waals surface area contributed by atoms with Gasteiger partial charge >= 0.3 is 0 Å². The smallest absolute Gasteiger partial charge is 0.223 e. The van der Waals surface area contributed by atoms with Gasteiger partial charge in [0.1, 0.15) is 11.4 Å². The Morgan fingerprint density at radius 2 is 1.94 bits per heavy atom. The number of nitrogens with two attached hydrogens (primary N) is 1. The maximum atomic E-state index is 12.2. The number of aromatic nitrogens is 3. The molecule has 0 aliphatic heterocycles. The van der Waals surface area contributed by atoms with Crippen molar-refractivity contribution in [3.8, 4) is 11.3 Å². The van der Waals surface area contributed by atoms with E-state index in [1.165, 1.54) is 32.2 Å². The van der Waals surface area contributed by atoms with Crippen LogP contribution in [0.5, 0.6) is 0 Å². The van der Waals surface area contributed by atoms with Gasteiger partial charge in [0, 0.05) is 18.8 Å². The number of nitrogens with one attached hydrogen (secondary N) is 1. The van der Waals surface area contributed by atoms with Gasteiger partial charge in [0.15, 0.2) is 12.1 Å². The van der Waals surface area contributed by atoms with E-state index in [0.29, 0.717) is 23.4 Å². The Balaban J connectivity index is 0.000000336. The number of hydrogen-bond acceptors (Lipinski definition) is 8. The van der Waals surface area contributed by atoms with Crippen molar-refractivity contribution >= 4 is 17.9 Å². The average Bonchev–Trinajstić information content (AvgIpc) is 2.78. The van der Waals surface area contributed by atoms with Gasteiger partial charge in [0.2, 0.25) is 5.95 Å². The van der Waals surface area contributed by atoms with Gasteiger partial charge in [-0.2, -0.15) is 4.39 Å². The molecule has 0 aliphatic carbocycles. The summed E-state index contributed by atoms with van der Waals surface area (Å²) in [4.78, 5) is 34.0. The van der Waals surface area contributed by atoms with Gasteiger partial charge in [-0.25, -0.2) is 9.97 Å². The van der Waals surface area contributed by atoms with E-state index in [9.17, 15) is 19.1 Å². The fourth-order valence-corrected chi connectivity index (χ4v) is 2.72. The number of aryl methyl sites for hydroxylation is 1. The summed E-state index contributed by atoms with van der Waals surface area (Å²) in [5.41, 5.74) is 7.73. The first-order valence-electron chi connectivity index (χ1n) is 9.77. The van der Waals surface area contributed by atoms with Crippen LogP contribution in [0, 0.1) is 12.9 Å². The van der Waals surface area contributed by atoms with Crippen LogP contribution in [0.1, 0.15) is 41.4 Å². The second kappa shape index (κ2) is 10.7. The SMILES string of the molecule is CNc1cnc(-c2cc(C(N)C(=O)C(C)(C)O)ccc2C)cn1.O=Cc1cccnc1F. The molecule has 1 aromatic carbocycles. The molecule has 32 heavy (non-hydrogen) atoms. The van der Waals surface area contributed by atoms with E-state index in [1.807, 2.05) is 19.1 Å². The number of rotatable bonds is 6. The molecule has 9 heteroatoms. The summed E-state index contributed by atoms with van der Waals surface area (Å²) >= 11 is 0. The van der Waals surface area contributed by atoms with Crippen LogP contribution < -0.4 is 11.1 Å². The lowest BCUT2D eigenvalue weighted by Crippen LogP contribution is -2.39. The Bertz CT molecular complexity index is 1080. The molecule has 0 saturated carbocycles. The lowest BCUT2D eigenvalue weighted by atomic mass is 9.91. The highest BCUT2D eigenvalue weighted by atomic mass is 19.1. The highest BCUT2D eigenvalue weighted by Gasteiger charge is 2.30. The molecule has 168 valence electrons. The van der Waals surface area contributed by atoms with E-state index in [1.54, 1.807) is 25.5 Å². The molecular weight excluding hydrogens is 413 g/mol. The normalized spacial score (nSPS) is 11.7. The number of Topliss-reactive ketones (excluding diaryl/α,β-unsaturated/α-hetero) is 1. The molecule has 8 nitrogen and oxygen atoms in total. The minimum Gasteiger partial charge on any atom is -0.383 e. The van der Waals surface area contributed by atoms with Crippen LogP contribution >= 0.6 is 0 Å². The van der Waals surface area contributed by atoms with Crippen molar-refractivity contribution in [1.82, 2.24) is 15.0 Å². The minimum atomic E-state index is -1.47. The van der Waals surface area contributed by atoms with Crippen LogP contribution in [0.2, 0.25) is 0 Å². The van der Waals surface area contributed by atoms with E-state index in [-0.39, 0.29) is 5.56 Å². The average molecular weight is 439 g/mol. The first-order chi connectivity index (χ1) is 15.1. The molecule has 0 amide bonds. The number of benzene rings is 1. The van der Waals surface area contributed by atoms with Crippen molar-refractivity contribution in [3.63, 3.8) is 0 Å². The molecule has 4 N–H and O–H groups in total. The predicted molar refractivity (Wildman–Crippen MR) is 120 cm³/mol. The van der Waals surface area contributed by atoms with Crippen molar-refractivity contribution in [2.24, 2.45) is 5.73 Å². The first kappa shape index (κ1) is 24.7. The molecule has 0 radical (unpaired) electrons. The number of carbonyl (C=O) groups is 2. The molecule has 2 heterocycles. The van der Waals surface area contributed by atoms with Crippen molar-refractivity contribution < 1.29 is 19.1 Å². The summed E-state index contributed by atoms with van der Waals surface area (Å²) in [5, 5.41) is 12.8. The summed E-state index contributed by atoms with van der Waals surface area (Å²) in [6, 6.07) is 7.49. The van der Waals surface area contributed by atoms with Gasteiger partial charge < -0.3 is 16.2 Å². The third kappa shape index (κ3) is 6.22. The number of anilines is 1. The molecule has 1 atom stereocenters. The number of halogens is 1. The zero-order chi connectivity index (χ0) is 23.9. The Morgan fingerprint density at radius 3 is 2.44 bits per heavy atom. The van der Waals surface area contributed by atoms with Crippen molar-refractivity contribution in [1.29, 1.82) is 0 Å². The lowest BCUT2D eigenvalue weighted by Gasteiger charge is -2.21. The Kier molecular flexibility index (Phi) is 8.22. The fourth-order valence-electron chi connectivity index (χ4n) is 2.72. The molecule has 2 aromatic heterocycles. The highest BCUT2D eigenvalue weighted by Crippen LogP contribution is 2.26. The summed E-state index contributed by atoms with van der Waals surface area (Å²) < 4.78 is 12.2. The van der Waals surface area contributed by atoms with Gasteiger partial charge in [-0.1, -0.05) is 12.1 Å². The molecule has 0 spiro atoms. The van der Waals surface area contributed by atoms with E-state index >= 15 is 0 Å². The quantitative estimate of drug-likeness (QED) is 0.395. The van der Waals surface area contributed by atoms with Gasteiger partial charge in [0.25, 0.3) is 0 Å². The first-order valence-corrected chi connectivity index (χ1v) is 9.77. The second-order valence-electron chi connectivity index (χ2n) is 7.51. The third-order valence-electron chi connectivity index (χ3n) is 4.61. The Labute approximate surface area is 185 Å². The topological polar surface area (TPSA) is 131 Å². The Morgan fingerprint density at radius 1 is 1.22 bits per heavy atom. The number of nitrogens with zero attached hydrogens (tertiary/aromatic N) is 3. The molecular formula is C23H26FN5O3. The molecule has 0 saturated heterocycles. The van der Waals surface area contributed by atoms with Crippen molar-refractivity contribution in [2.45, 2.75) is 32.4 Å². The summed E-state index contributed by atoms with van der Waals surface area (Å²) in [6.45, 7) is 4.83. The number of ketones is 1. The molecule has 3 aromatic rings. The van der Waals surface area contributed by atoms with Crippen molar-refractivity contribution in [2.75, 3.05) is 12.4 Å². The summed E-state index contributed by atoms with van der Waals surface area (Å²) in [5.74, 6) is -0.465. The maximum absolute atomic E-state index is 12.2. The van der Waals surface area contributed by atoms with Crippen LogP contribution in [-0.4, -0.2) is 44.8 Å². The number of hydrogen-bond donors (Lipinski definition) is 3. The number of aliphatic hydroxyl groups is 1. The minimum absolute atomic E-state index is 0.00231. The molecule has 3 rings (SSSR count). The van der Waals surface area contributed by atoms with Crippen LogP contribution in [0.15, 0.2) is 48.9 Å². The van der Waals surface area contributed by atoms with E-state index in [2.05, 4.69) is 20.3 Å². The predicted octanol–water partition coefficient (Wildman–Crippen LogP) is 2.87. The van der Waals surface area contributed by atoms with Gasteiger partial charge in [0.05, 0.1) is 29.7 Å². The molecule has 0 fully saturated rings. The van der Waals surface area contributed by atoms with Gasteiger partial charge in [-0.05, 0) is 50.1 Å². The molecule has 0 aliphatic rings. The fraction of sp³-hybridized carbons (Fsp3) is 0.261. The van der Waals surface area contributed by atoms with Crippen molar-refractivity contribution in [3.05, 3.63) is 71.6 Å². The zero-order valence-corrected chi connectivity index (χ0v) is 18.3. The highest BCUT2D eigenvalue weighted by molar-refractivity contribution is 5.92. The van der Waals surface area contributed by atoms with Gasteiger partial charge in [-0.15, -0.1) is 0 Å². The Hall–Kier alpha value is -3.56. The monoisotopic (exact) mass is 439 g/mol. The zero-order valence-electron chi connectivity index (χ0n) is 18.3. The number of carbonyl (C=O) groups excluding carboxylic acids is 2. The summed E-state index contributed by atoms with van der Waals surface area (Å²) in [7, 11) is 1.77. The molecule has 0 bridgehead atoms. The van der Waals surface area contributed by atoms with Crippen LogP contribution in [0.25, 0.3) is 11.3 Å². The number of pyridine rings is 1. The van der Waals surface area contributed by atoms with E-state index in [4.69, 9.17) is 5.73 Å². The third-order valence-corrected chi connectivity index (χ3v) is 4.61. The van der Waals surface area contributed by atoms with Gasteiger partial charge in [-0.3, -0.25) is 14.6 Å². The largest absolute Gasteiger partial charge is 0.383 e. The van der Waals surface area contributed by atoms with E-state index < -0.39 is 23.4 Å². The maximum Gasteiger partial charge on any atom is 0.223 e. The lowest BCUT2D eigenvalue weighted by molar-refractivity contribution is -0.135. The van der Waals surface area contributed by atoms with E-state index in [0.717, 1.165) is 11.1 Å². The number of aldehydes is 1. The van der Waals surface area contributed by atoms with Crippen LogP contribution in [0.3, 0.4) is 0 Å². The second-order valence-corrected chi connectivity index (χ2v) is 7.51.